The third-order valence-electron chi connectivity index (χ3n) is 6.17. The van der Waals surface area contributed by atoms with Crippen LogP contribution in [0.2, 0.25) is 0 Å². The van der Waals surface area contributed by atoms with Crippen molar-refractivity contribution in [3.8, 4) is 17.1 Å². The van der Waals surface area contributed by atoms with Gasteiger partial charge in [-0.05, 0) is 62.9 Å². The van der Waals surface area contributed by atoms with Crippen molar-refractivity contribution in [2.24, 2.45) is 7.05 Å². The van der Waals surface area contributed by atoms with E-state index in [0.717, 1.165) is 50.9 Å². The molecule has 0 saturated heterocycles. The van der Waals surface area contributed by atoms with Crippen LogP contribution >= 0.6 is 0 Å². The molecule has 2 N–H and O–H groups in total. The molecular formula is C28H28F3N5O2. The molecule has 0 bridgehead atoms. The number of allylic oxidation sites excluding steroid dienone is 3. The molecule has 38 heavy (non-hydrogen) atoms. The van der Waals surface area contributed by atoms with Crippen LogP contribution < -0.4 is 10.1 Å². The Balaban J connectivity index is 1.57. The number of benzene rings is 1. The third kappa shape index (κ3) is 5.80. The normalized spacial score (nSPS) is 12.4. The number of imidazole rings is 1. The molecule has 0 saturated carbocycles. The molecule has 1 aromatic carbocycles. The number of para-hydroxylation sites is 1. The number of aliphatic hydroxyl groups is 1. The lowest BCUT2D eigenvalue weighted by molar-refractivity contribution is -0.120. The molecule has 198 valence electrons. The van der Waals surface area contributed by atoms with E-state index >= 15 is 0 Å². The second kappa shape index (κ2) is 11.0. The van der Waals surface area contributed by atoms with Gasteiger partial charge in [0.25, 0.3) is 0 Å². The van der Waals surface area contributed by atoms with Crippen LogP contribution in [-0.4, -0.2) is 30.8 Å². The molecule has 0 aliphatic heterocycles. The highest BCUT2D eigenvalue weighted by atomic mass is 19.4. The van der Waals surface area contributed by atoms with Gasteiger partial charge in [-0.2, -0.15) is 13.2 Å². The summed E-state index contributed by atoms with van der Waals surface area (Å²) in [6.45, 7) is 6.36. The first-order valence-electron chi connectivity index (χ1n) is 11.9. The summed E-state index contributed by atoms with van der Waals surface area (Å²) in [5.41, 5.74) is 6.08. The Morgan fingerprint density at radius 2 is 1.95 bits per heavy atom. The zero-order valence-electron chi connectivity index (χ0n) is 21.5. The van der Waals surface area contributed by atoms with Crippen LogP contribution in [0.3, 0.4) is 0 Å². The van der Waals surface area contributed by atoms with Gasteiger partial charge in [0.15, 0.2) is 5.76 Å². The molecule has 4 rings (SSSR count). The third-order valence-corrected chi connectivity index (χ3v) is 6.17. The summed E-state index contributed by atoms with van der Waals surface area (Å²) < 4.78 is 45.5. The Morgan fingerprint density at radius 1 is 1.16 bits per heavy atom. The fraction of sp³-hybridized carbons (Fsp3) is 0.250. The van der Waals surface area contributed by atoms with E-state index in [-0.39, 0.29) is 13.2 Å². The zero-order valence-corrected chi connectivity index (χ0v) is 21.5. The van der Waals surface area contributed by atoms with Crippen molar-refractivity contribution in [2.75, 3.05) is 0 Å². The largest absolute Gasteiger partial charge is 0.504 e. The van der Waals surface area contributed by atoms with Crippen LogP contribution in [0.4, 0.5) is 13.2 Å². The second-order valence-corrected chi connectivity index (χ2v) is 8.88. The van der Waals surface area contributed by atoms with Gasteiger partial charge in [-0.1, -0.05) is 12.1 Å². The molecule has 0 fully saturated rings. The number of nitrogens with one attached hydrogen (secondary N) is 1. The quantitative estimate of drug-likeness (QED) is 0.213. The highest BCUT2D eigenvalue weighted by molar-refractivity contribution is 5.96. The summed E-state index contributed by atoms with van der Waals surface area (Å²) in [6, 6.07) is 9.67. The van der Waals surface area contributed by atoms with E-state index in [1.54, 1.807) is 6.20 Å². The van der Waals surface area contributed by atoms with Gasteiger partial charge in [0.2, 0.25) is 0 Å². The first-order chi connectivity index (χ1) is 18.1. The number of ether oxygens (including phenoxy) is 1. The average molecular weight is 524 g/mol. The highest BCUT2D eigenvalue weighted by Gasteiger charge is 2.33. The number of alkyl halides is 3. The number of hydrogen-bond donors (Lipinski definition) is 2. The van der Waals surface area contributed by atoms with E-state index in [1.807, 2.05) is 68.9 Å². The topological polar surface area (TPSA) is 85.1 Å². The summed E-state index contributed by atoms with van der Waals surface area (Å²) in [5.74, 6) is -0.204. The Kier molecular flexibility index (Phi) is 7.70. The van der Waals surface area contributed by atoms with E-state index in [9.17, 15) is 13.2 Å². The monoisotopic (exact) mass is 523 g/mol. The van der Waals surface area contributed by atoms with Gasteiger partial charge in [-0.25, -0.2) is 9.97 Å². The van der Waals surface area contributed by atoms with E-state index in [1.165, 1.54) is 6.20 Å². The minimum absolute atomic E-state index is 0.223. The number of fused-ring (bicyclic) bond motifs is 1. The summed E-state index contributed by atoms with van der Waals surface area (Å²) in [4.78, 5) is 13.8. The molecule has 0 spiro atoms. The molecule has 0 amide bonds. The summed E-state index contributed by atoms with van der Waals surface area (Å²) in [7, 11) is 1.98. The van der Waals surface area contributed by atoms with Gasteiger partial charge in [0.05, 0.1) is 12.2 Å². The fourth-order valence-electron chi connectivity index (χ4n) is 4.00. The van der Waals surface area contributed by atoms with Crippen LogP contribution in [-0.2, 0) is 20.2 Å². The molecule has 0 aliphatic rings. The van der Waals surface area contributed by atoms with Gasteiger partial charge < -0.3 is 19.7 Å². The molecule has 0 aliphatic carbocycles. The Hall–Kier alpha value is -4.34. The number of pyridine rings is 2. The maximum atomic E-state index is 12.4. The number of aromatic nitrogens is 4. The predicted molar refractivity (Wildman–Crippen MR) is 139 cm³/mol. The molecule has 7 nitrogen and oxygen atoms in total. The number of aliphatic hydroxyl groups excluding tert-OH is 1. The minimum atomic E-state index is -4.78. The Morgan fingerprint density at radius 3 is 2.66 bits per heavy atom. The Labute approximate surface area is 218 Å². The van der Waals surface area contributed by atoms with Gasteiger partial charge in [-0.3, -0.25) is 4.98 Å². The molecule has 0 radical (unpaired) electrons. The van der Waals surface area contributed by atoms with Crippen molar-refractivity contribution in [3.05, 3.63) is 95.0 Å². The SMILES string of the molecule is Cc1cc(-c2ncc(C)n2C)c2cccc(OCc3c(C)ccnc3CN/C=C\C=C(/O)C(F)(F)F)c2n1. The van der Waals surface area contributed by atoms with Crippen LogP contribution in [0.25, 0.3) is 22.3 Å². The standard InChI is InChI=1S/C28H28F3N5O2/c1-17-10-12-33-23(15-32-11-6-9-25(37)28(29,30)31)22(17)16-38-24-8-5-7-20-21(13-18(2)35-26(20)24)27-34-14-19(3)36(27)4/h5-14,32,37H,15-16H2,1-4H3/b11-6-,25-9-. The second-order valence-electron chi connectivity index (χ2n) is 8.88. The average Bonchev–Trinajstić information content (AvgIpc) is 3.20. The predicted octanol–water partition coefficient (Wildman–Crippen LogP) is 6.14. The minimum Gasteiger partial charge on any atom is -0.504 e. The van der Waals surface area contributed by atoms with Crippen molar-refractivity contribution >= 4 is 10.9 Å². The van der Waals surface area contributed by atoms with Crippen LogP contribution in [0, 0.1) is 20.8 Å². The van der Waals surface area contributed by atoms with E-state index in [0.29, 0.717) is 17.5 Å². The number of hydrogen-bond acceptors (Lipinski definition) is 6. The van der Waals surface area contributed by atoms with Crippen LogP contribution in [0.15, 0.2) is 66.8 Å². The molecule has 3 aromatic heterocycles. The van der Waals surface area contributed by atoms with Crippen molar-refractivity contribution < 1.29 is 23.0 Å². The van der Waals surface area contributed by atoms with Gasteiger partial charge in [-0.15, -0.1) is 0 Å². The van der Waals surface area contributed by atoms with Gasteiger partial charge in [0.1, 0.15) is 23.7 Å². The van der Waals surface area contributed by atoms with Crippen molar-refractivity contribution in [3.63, 3.8) is 0 Å². The first-order valence-corrected chi connectivity index (χ1v) is 11.9. The van der Waals surface area contributed by atoms with Crippen molar-refractivity contribution in [2.45, 2.75) is 40.1 Å². The van der Waals surface area contributed by atoms with E-state index < -0.39 is 11.9 Å². The van der Waals surface area contributed by atoms with Crippen LogP contribution in [0.1, 0.15) is 28.2 Å². The zero-order chi connectivity index (χ0) is 27.4. The summed E-state index contributed by atoms with van der Waals surface area (Å²) >= 11 is 0. The maximum Gasteiger partial charge on any atom is 0.448 e. The molecule has 3 heterocycles. The lowest BCUT2D eigenvalue weighted by atomic mass is 10.1. The van der Waals surface area contributed by atoms with E-state index in [2.05, 4.69) is 15.3 Å². The number of halogens is 3. The molecule has 10 heteroatoms. The molecule has 0 unspecified atom stereocenters. The summed E-state index contributed by atoms with van der Waals surface area (Å²) in [6.07, 6.45) is 1.70. The lowest BCUT2D eigenvalue weighted by Gasteiger charge is -2.15. The number of nitrogens with zero attached hydrogens (tertiary/aromatic N) is 4. The fourth-order valence-corrected chi connectivity index (χ4v) is 4.00. The molecule has 4 aromatic rings. The summed E-state index contributed by atoms with van der Waals surface area (Å²) in [5, 5.41) is 12.8. The molecule has 0 atom stereocenters. The Bertz CT molecular complexity index is 1520. The lowest BCUT2D eigenvalue weighted by Crippen LogP contribution is -2.12. The smallest absolute Gasteiger partial charge is 0.448 e. The van der Waals surface area contributed by atoms with Gasteiger partial charge in [0, 0.05) is 47.3 Å². The highest BCUT2D eigenvalue weighted by Crippen LogP contribution is 2.33. The van der Waals surface area contributed by atoms with E-state index in [4.69, 9.17) is 14.8 Å². The van der Waals surface area contributed by atoms with Crippen LogP contribution in [0.5, 0.6) is 5.75 Å². The van der Waals surface area contributed by atoms with Gasteiger partial charge >= 0.3 is 6.18 Å². The number of aryl methyl sites for hydroxylation is 3. The maximum absolute atomic E-state index is 12.4. The number of rotatable bonds is 8. The molecular weight excluding hydrogens is 495 g/mol. The van der Waals surface area contributed by atoms with Crippen molar-refractivity contribution in [1.82, 2.24) is 24.8 Å². The first kappa shape index (κ1) is 26.7. The van der Waals surface area contributed by atoms with Crippen molar-refractivity contribution in [1.29, 1.82) is 0 Å².